The van der Waals surface area contributed by atoms with Crippen molar-refractivity contribution in [2.75, 3.05) is 30.6 Å². The van der Waals surface area contributed by atoms with Crippen LogP contribution in [0.4, 0.5) is 11.4 Å². The molecule has 4 aromatic carbocycles. The molecule has 0 aliphatic heterocycles. The summed E-state index contributed by atoms with van der Waals surface area (Å²) < 4.78 is 10.9. The second-order valence-corrected chi connectivity index (χ2v) is 10.8. The van der Waals surface area contributed by atoms with E-state index in [4.69, 9.17) is 32.7 Å². The number of carbonyl (C=O) groups excluding carboxylic acids is 3. The van der Waals surface area contributed by atoms with Gasteiger partial charge in [0, 0.05) is 26.7 Å². The number of para-hydroxylation sites is 1. The molecular formula is C32H27Cl2N3O5S. The Kier molecular flexibility index (Phi) is 11.1. The van der Waals surface area contributed by atoms with Crippen molar-refractivity contribution < 1.29 is 23.9 Å². The zero-order valence-corrected chi connectivity index (χ0v) is 25.5. The van der Waals surface area contributed by atoms with Crippen molar-refractivity contribution in [2.24, 2.45) is 0 Å². The van der Waals surface area contributed by atoms with E-state index in [0.29, 0.717) is 44.0 Å². The van der Waals surface area contributed by atoms with Crippen molar-refractivity contribution in [3.63, 3.8) is 0 Å². The predicted molar refractivity (Wildman–Crippen MR) is 172 cm³/mol. The molecular weight excluding hydrogens is 609 g/mol. The number of hydrogen-bond donors (Lipinski definition) is 3. The topological polar surface area (TPSA) is 106 Å². The molecule has 0 heterocycles. The van der Waals surface area contributed by atoms with Crippen LogP contribution in [0.1, 0.15) is 15.9 Å². The number of thioether (sulfide) groups is 1. The Labute approximate surface area is 263 Å². The summed E-state index contributed by atoms with van der Waals surface area (Å²) >= 11 is 13.3. The minimum Gasteiger partial charge on any atom is -0.493 e. The van der Waals surface area contributed by atoms with Gasteiger partial charge in [0.2, 0.25) is 5.91 Å². The van der Waals surface area contributed by atoms with Crippen molar-refractivity contribution in [1.29, 1.82) is 0 Å². The van der Waals surface area contributed by atoms with Crippen LogP contribution in [-0.4, -0.2) is 37.7 Å². The van der Waals surface area contributed by atoms with E-state index in [1.165, 1.54) is 32.1 Å². The maximum atomic E-state index is 13.5. The third-order valence-electron chi connectivity index (χ3n) is 5.93. The summed E-state index contributed by atoms with van der Waals surface area (Å²) in [6.45, 7) is 0. The van der Waals surface area contributed by atoms with E-state index in [0.717, 1.165) is 4.90 Å². The third kappa shape index (κ3) is 8.78. The van der Waals surface area contributed by atoms with Gasteiger partial charge in [-0.25, -0.2) is 0 Å². The molecule has 3 amide bonds. The summed E-state index contributed by atoms with van der Waals surface area (Å²) in [5.41, 5.74) is 1.82. The molecule has 220 valence electrons. The van der Waals surface area contributed by atoms with Gasteiger partial charge in [0.15, 0.2) is 11.5 Å². The Morgan fingerprint density at radius 3 is 2.33 bits per heavy atom. The Hall–Kier alpha value is -4.44. The number of nitrogens with one attached hydrogen (secondary N) is 3. The average Bonchev–Trinajstić information content (AvgIpc) is 3.01. The van der Waals surface area contributed by atoms with Gasteiger partial charge in [-0.2, -0.15) is 0 Å². The van der Waals surface area contributed by atoms with E-state index in [1.807, 2.05) is 6.07 Å². The molecule has 0 aliphatic rings. The van der Waals surface area contributed by atoms with E-state index in [2.05, 4.69) is 16.0 Å². The van der Waals surface area contributed by atoms with Gasteiger partial charge < -0.3 is 25.4 Å². The molecule has 0 aromatic heterocycles. The van der Waals surface area contributed by atoms with Crippen LogP contribution in [0, 0.1) is 0 Å². The largest absolute Gasteiger partial charge is 0.493 e. The molecule has 3 N–H and O–H groups in total. The van der Waals surface area contributed by atoms with Crippen molar-refractivity contribution in [3.8, 4) is 11.5 Å². The quantitative estimate of drug-likeness (QED) is 0.119. The number of anilines is 2. The molecule has 4 aromatic rings. The molecule has 0 saturated heterocycles. The highest BCUT2D eigenvalue weighted by Gasteiger charge is 2.18. The van der Waals surface area contributed by atoms with E-state index in [-0.39, 0.29) is 17.4 Å². The number of halogens is 2. The van der Waals surface area contributed by atoms with E-state index in [1.54, 1.807) is 84.9 Å². The summed E-state index contributed by atoms with van der Waals surface area (Å²) in [6.07, 6.45) is 1.52. The first kappa shape index (κ1) is 31.5. The van der Waals surface area contributed by atoms with E-state index < -0.39 is 11.8 Å². The van der Waals surface area contributed by atoms with Crippen LogP contribution in [-0.2, 0) is 9.59 Å². The number of ether oxygens (including phenoxy) is 2. The Morgan fingerprint density at radius 1 is 0.837 bits per heavy atom. The number of carbonyl (C=O) groups is 3. The van der Waals surface area contributed by atoms with Crippen LogP contribution < -0.4 is 25.4 Å². The summed E-state index contributed by atoms with van der Waals surface area (Å²) in [6, 6.07) is 25.6. The molecule has 0 fully saturated rings. The van der Waals surface area contributed by atoms with Crippen LogP contribution >= 0.6 is 35.0 Å². The van der Waals surface area contributed by atoms with Gasteiger partial charge in [-0.05, 0) is 60.7 Å². The standard InChI is InChI=1S/C32H27Cl2N3O5S/c1-41-28-13-6-10-21(30(28)42-2)16-27(37-31(39)20-8-4-3-5-9-20)32(40)35-23-11-7-12-24(18-23)43-19-29(38)36-26-15-14-22(33)17-25(26)34/h3-18H,19H2,1-2H3,(H,35,40)(H,36,38)(H,37,39)/b27-16+. The maximum Gasteiger partial charge on any atom is 0.272 e. The van der Waals surface area contributed by atoms with Gasteiger partial charge in [0.1, 0.15) is 5.70 Å². The second kappa shape index (κ2) is 15.2. The molecule has 43 heavy (non-hydrogen) atoms. The van der Waals surface area contributed by atoms with Gasteiger partial charge in [0.05, 0.1) is 30.7 Å². The molecule has 11 heteroatoms. The van der Waals surface area contributed by atoms with Crippen LogP contribution in [0.25, 0.3) is 6.08 Å². The number of hydrogen-bond acceptors (Lipinski definition) is 6. The van der Waals surface area contributed by atoms with Crippen molar-refractivity contribution in [3.05, 3.63) is 118 Å². The third-order valence-corrected chi connectivity index (χ3v) is 7.47. The first-order chi connectivity index (χ1) is 20.8. The van der Waals surface area contributed by atoms with Gasteiger partial charge in [0.25, 0.3) is 11.8 Å². The highest BCUT2D eigenvalue weighted by molar-refractivity contribution is 8.00. The summed E-state index contributed by atoms with van der Waals surface area (Å²) in [5.74, 6) is -0.306. The molecule has 8 nitrogen and oxygen atoms in total. The fourth-order valence-corrected chi connectivity index (χ4v) is 5.12. The lowest BCUT2D eigenvalue weighted by atomic mass is 10.1. The lowest BCUT2D eigenvalue weighted by molar-refractivity contribution is -0.114. The van der Waals surface area contributed by atoms with Gasteiger partial charge in [-0.1, -0.05) is 59.6 Å². The summed E-state index contributed by atoms with van der Waals surface area (Å²) in [4.78, 5) is 39.8. The van der Waals surface area contributed by atoms with Crippen LogP contribution in [0.2, 0.25) is 10.0 Å². The van der Waals surface area contributed by atoms with Crippen molar-refractivity contribution >= 4 is 70.1 Å². The van der Waals surface area contributed by atoms with Crippen molar-refractivity contribution in [2.45, 2.75) is 4.90 Å². The lowest BCUT2D eigenvalue weighted by Crippen LogP contribution is -2.30. The zero-order valence-electron chi connectivity index (χ0n) is 23.2. The molecule has 0 atom stereocenters. The molecule has 0 unspecified atom stereocenters. The SMILES string of the molecule is COc1cccc(/C=C(/NC(=O)c2ccccc2)C(=O)Nc2cccc(SCC(=O)Nc3ccc(Cl)cc3Cl)c2)c1OC. The number of methoxy groups -OCH3 is 2. The number of amides is 3. The minimum absolute atomic E-state index is 0.0160. The molecule has 0 aliphatic carbocycles. The Bertz CT molecular complexity index is 1660. The Balaban J connectivity index is 1.51. The predicted octanol–water partition coefficient (Wildman–Crippen LogP) is 7.15. The van der Waals surface area contributed by atoms with E-state index in [9.17, 15) is 14.4 Å². The van der Waals surface area contributed by atoms with Crippen molar-refractivity contribution in [1.82, 2.24) is 5.32 Å². The first-order valence-electron chi connectivity index (χ1n) is 12.9. The first-order valence-corrected chi connectivity index (χ1v) is 14.6. The molecule has 0 saturated carbocycles. The lowest BCUT2D eigenvalue weighted by Gasteiger charge is -2.14. The fourth-order valence-electron chi connectivity index (χ4n) is 3.91. The summed E-state index contributed by atoms with van der Waals surface area (Å²) in [5, 5.41) is 9.10. The van der Waals surface area contributed by atoms with Crippen LogP contribution in [0.3, 0.4) is 0 Å². The molecule has 0 radical (unpaired) electrons. The molecule has 4 rings (SSSR count). The monoisotopic (exact) mass is 635 g/mol. The van der Waals surface area contributed by atoms with Gasteiger partial charge in [-0.15, -0.1) is 11.8 Å². The van der Waals surface area contributed by atoms with Gasteiger partial charge in [-0.3, -0.25) is 14.4 Å². The van der Waals surface area contributed by atoms with Crippen LogP contribution in [0.15, 0.2) is 102 Å². The minimum atomic E-state index is -0.563. The van der Waals surface area contributed by atoms with E-state index >= 15 is 0 Å². The Morgan fingerprint density at radius 2 is 1.60 bits per heavy atom. The smallest absolute Gasteiger partial charge is 0.272 e. The van der Waals surface area contributed by atoms with Gasteiger partial charge >= 0.3 is 0 Å². The van der Waals surface area contributed by atoms with Crippen LogP contribution in [0.5, 0.6) is 11.5 Å². The fraction of sp³-hybridized carbons (Fsp3) is 0.0938. The second-order valence-electron chi connectivity index (χ2n) is 8.90. The normalized spacial score (nSPS) is 10.9. The maximum absolute atomic E-state index is 13.5. The highest BCUT2D eigenvalue weighted by Crippen LogP contribution is 2.32. The summed E-state index contributed by atoms with van der Waals surface area (Å²) in [7, 11) is 3.00. The molecule has 0 bridgehead atoms. The number of benzene rings is 4. The highest BCUT2D eigenvalue weighted by atomic mass is 35.5. The molecule has 0 spiro atoms. The average molecular weight is 637 g/mol. The number of rotatable bonds is 11. The zero-order chi connectivity index (χ0) is 30.8.